The minimum atomic E-state index is 0.0133. The van der Waals surface area contributed by atoms with Crippen LogP contribution in [0.1, 0.15) is 36.4 Å². The van der Waals surface area contributed by atoms with Gasteiger partial charge >= 0.3 is 0 Å². The lowest BCUT2D eigenvalue weighted by Gasteiger charge is -2.40. The first-order valence-electron chi connectivity index (χ1n) is 10.1. The van der Waals surface area contributed by atoms with Gasteiger partial charge in [-0.1, -0.05) is 60.7 Å². The number of hydrogen-bond acceptors (Lipinski definition) is 3. The molecule has 2 saturated heterocycles. The van der Waals surface area contributed by atoms with Crippen molar-refractivity contribution in [3.8, 4) is 0 Å². The number of nitrogens with one attached hydrogen (secondary N) is 1. The molecule has 5 heteroatoms. The fourth-order valence-electron chi connectivity index (χ4n) is 4.28. The van der Waals surface area contributed by atoms with E-state index in [4.69, 9.17) is 0 Å². The van der Waals surface area contributed by atoms with E-state index in [1.165, 1.54) is 11.1 Å². The molecule has 4 rings (SSSR count). The van der Waals surface area contributed by atoms with Gasteiger partial charge in [-0.15, -0.1) is 0 Å². The van der Waals surface area contributed by atoms with Crippen LogP contribution in [0, 0.1) is 0 Å². The Bertz CT molecular complexity index is 762. The Labute approximate surface area is 166 Å². The van der Waals surface area contributed by atoms with Crippen LogP contribution in [0.2, 0.25) is 0 Å². The number of rotatable bonds is 5. The first kappa shape index (κ1) is 18.7. The topological polar surface area (TPSA) is 52.7 Å². The van der Waals surface area contributed by atoms with Crippen LogP contribution in [-0.2, 0) is 9.59 Å². The molecule has 2 aliphatic rings. The van der Waals surface area contributed by atoms with E-state index >= 15 is 0 Å². The fourth-order valence-corrected chi connectivity index (χ4v) is 4.28. The number of amides is 2. The van der Waals surface area contributed by atoms with Crippen LogP contribution in [0.3, 0.4) is 0 Å². The zero-order valence-electron chi connectivity index (χ0n) is 16.1. The van der Waals surface area contributed by atoms with E-state index < -0.39 is 0 Å². The highest BCUT2D eigenvalue weighted by Gasteiger charge is 2.30. The smallest absolute Gasteiger partial charge is 0.224 e. The molecule has 28 heavy (non-hydrogen) atoms. The van der Waals surface area contributed by atoms with Crippen molar-refractivity contribution in [1.29, 1.82) is 0 Å². The van der Waals surface area contributed by atoms with Crippen molar-refractivity contribution in [3.05, 3.63) is 71.8 Å². The summed E-state index contributed by atoms with van der Waals surface area (Å²) in [5, 5.41) is 2.90. The molecule has 0 aliphatic carbocycles. The average molecular weight is 377 g/mol. The molecule has 2 aliphatic heterocycles. The highest BCUT2D eigenvalue weighted by atomic mass is 16.2. The molecule has 1 atom stereocenters. The summed E-state index contributed by atoms with van der Waals surface area (Å²) in [4.78, 5) is 28.4. The van der Waals surface area contributed by atoms with Crippen molar-refractivity contribution in [3.63, 3.8) is 0 Å². The van der Waals surface area contributed by atoms with Crippen LogP contribution < -0.4 is 5.32 Å². The molecule has 5 nitrogen and oxygen atoms in total. The molecule has 0 spiro atoms. The lowest BCUT2D eigenvalue weighted by Crippen LogP contribution is -2.50. The Kier molecular flexibility index (Phi) is 5.72. The Morgan fingerprint density at radius 3 is 2.00 bits per heavy atom. The third kappa shape index (κ3) is 4.25. The van der Waals surface area contributed by atoms with Crippen LogP contribution in [0.4, 0.5) is 0 Å². The quantitative estimate of drug-likeness (QED) is 0.871. The van der Waals surface area contributed by atoms with Crippen molar-refractivity contribution in [2.45, 2.75) is 31.3 Å². The van der Waals surface area contributed by atoms with E-state index in [2.05, 4.69) is 58.7 Å². The zero-order valence-corrected chi connectivity index (χ0v) is 16.1. The lowest BCUT2D eigenvalue weighted by atomic mass is 9.96. The third-order valence-corrected chi connectivity index (χ3v) is 5.77. The van der Waals surface area contributed by atoms with Crippen LogP contribution >= 0.6 is 0 Å². The molecule has 0 radical (unpaired) electrons. The average Bonchev–Trinajstić information content (AvgIpc) is 3.15. The van der Waals surface area contributed by atoms with E-state index in [9.17, 15) is 9.59 Å². The molecular formula is C23H27N3O2. The van der Waals surface area contributed by atoms with Gasteiger partial charge < -0.3 is 10.2 Å². The van der Waals surface area contributed by atoms with Gasteiger partial charge in [-0.25, -0.2) is 0 Å². The number of carbonyl (C=O) groups excluding carboxylic acids is 2. The number of carbonyl (C=O) groups is 2. The molecule has 2 heterocycles. The summed E-state index contributed by atoms with van der Waals surface area (Å²) >= 11 is 0. The van der Waals surface area contributed by atoms with Crippen LogP contribution in [0.25, 0.3) is 0 Å². The third-order valence-electron chi connectivity index (χ3n) is 5.77. The lowest BCUT2D eigenvalue weighted by molar-refractivity contribution is -0.133. The summed E-state index contributed by atoms with van der Waals surface area (Å²) in [7, 11) is 0. The van der Waals surface area contributed by atoms with Gasteiger partial charge in [0.25, 0.3) is 0 Å². The summed E-state index contributed by atoms with van der Waals surface area (Å²) in [6.07, 6.45) is 1.74. The molecular weight excluding hydrogens is 350 g/mol. The molecule has 0 unspecified atom stereocenters. The van der Waals surface area contributed by atoms with Gasteiger partial charge in [-0.05, 0) is 17.5 Å². The highest BCUT2D eigenvalue weighted by molar-refractivity contribution is 5.82. The van der Waals surface area contributed by atoms with Crippen molar-refractivity contribution >= 4 is 11.8 Å². The minimum Gasteiger partial charge on any atom is -0.353 e. The molecule has 0 bridgehead atoms. The van der Waals surface area contributed by atoms with Crippen molar-refractivity contribution in [2.75, 3.05) is 26.2 Å². The summed E-state index contributed by atoms with van der Waals surface area (Å²) in [6.45, 7) is 3.15. The second-order valence-corrected chi connectivity index (χ2v) is 7.65. The number of nitrogens with zero attached hydrogens (tertiary/aromatic N) is 2. The van der Waals surface area contributed by atoms with E-state index in [0.29, 0.717) is 12.8 Å². The van der Waals surface area contributed by atoms with Gasteiger partial charge in [0.15, 0.2) is 0 Å². The summed E-state index contributed by atoms with van der Waals surface area (Å²) in [5.41, 5.74) is 2.56. The summed E-state index contributed by atoms with van der Waals surface area (Å²) in [5.74, 6) is 0.221. The monoisotopic (exact) mass is 377 g/mol. The predicted molar refractivity (Wildman–Crippen MR) is 109 cm³/mol. The fraction of sp³-hybridized carbons (Fsp3) is 0.391. The maximum Gasteiger partial charge on any atom is 0.224 e. The van der Waals surface area contributed by atoms with Crippen LogP contribution in [0.5, 0.6) is 0 Å². The number of benzene rings is 2. The molecule has 0 aromatic heterocycles. The van der Waals surface area contributed by atoms with Gasteiger partial charge in [0.2, 0.25) is 11.8 Å². The van der Waals surface area contributed by atoms with E-state index in [1.54, 1.807) is 0 Å². The van der Waals surface area contributed by atoms with Gasteiger partial charge in [-0.3, -0.25) is 14.5 Å². The molecule has 2 aromatic rings. The van der Waals surface area contributed by atoms with Crippen LogP contribution in [-0.4, -0.2) is 53.8 Å². The van der Waals surface area contributed by atoms with Crippen molar-refractivity contribution in [1.82, 2.24) is 15.1 Å². The second-order valence-electron chi connectivity index (χ2n) is 7.65. The predicted octanol–water partition coefficient (Wildman–Crippen LogP) is 2.59. The molecule has 0 saturated carbocycles. The maximum atomic E-state index is 12.6. The second kappa shape index (κ2) is 8.57. The van der Waals surface area contributed by atoms with E-state index in [1.807, 2.05) is 17.0 Å². The molecule has 1 N–H and O–H groups in total. The normalized spacial score (nSPS) is 20.4. The van der Waals surface area contributed by atoms with Gasteiger partial charge in [0, 0.05) is 45.1 Å². The van der Waals surface area contributed by atoms with E-state index in [0.717, 1.165) is 32.6 Å². The Morgan fingerprint density at radius 2 is 1.50 bits per heavy atom. The summed E-state index contributed by atoms with van der Waals surface area (Å²) in [6, 6.07) is 21.4. The Balaban J connectivity index is 1.42. The zero-order chi connectivity index (χ0) is 19.3. The molecule has 2 fully saturated rings. The van der Waals surface area contributed by atoms with E-state index in [-0.39, 0.29) is 23.9 Å². The first-order valence-corrected chi connectivity index (χ1v) is 10.1. The Hall–Kier alpha value is -2.66. The molecule has 2 aromatic carbocycles. The van der Waals surface area contributed by atoms with Gasteiger partial charge in [0.05, 0.1) is 6.04 Å². The maximum absolute atomic E-state index is 12.6. The first-order chi connectivity index (χ1) is 13.7. The molecule has 2 amide bonds. The molecule has 146 valence electrons. The number of piperazine rings is 1. The van der Waals surface area contributed by atoms with Gasteiger partial charge in [0.1, 0.15) is 0 Å². The van der Waals surface area contributed by atoms with Crippen LogP contribution in [0.15, 0.2) is 60.7 Å². The highest BCUT2D eigenvalue weighted by Crippen LogP contribution is 2.29. The number of hydrogen-bond donors (Lipinski definition) is 1. The summed E-state index contributed by atoms with van der Waals surface area (Å²) < 4.78 is 0. The minimum absolute atomic E-state index is 0.0133. The SMILES string of the molecule is O=C1CC[C@@H](CC(=O)N2CCN(C(c3ccccc3)c3ccccc3)CC2)N1. The van der Waals surface area contributed by atoms with Gasteiger partial charge in [-0.2, -0.15) is 0 Å². The Morgan fingerprint density at radius 1 is 0.929 bits per heavy atom. The standard InChI is InChI=1S/C23H27N3O2/c27-21-12-11-20(24-21)17-22(28)25-13-15-26(16-14-25)23(18-7-3-1-4-8-18)19-9-5-2-6-10-19/h1-10,20,23H,11-17H2,(H,24,27)/t20-/m0/s1. The largest absolute Gasteiger partial charge is 0.353 e. The van der Waals surface area contributed by atoms with Crippen molar-refractivity contribution in [2.24, 2.45) is 0 Å². The van der Waals surface area contributed by atoms with Crippen molar-refractivity contribution < 1.29 is 9.59 Å².